The minimum atomic E-state index is 0.559. The van der Waals surface area contributed by atoms with Gasteiger partial charge in [-0.3, -0.25) is 0 Å². The second-order valence-corrected chi connectivity index (χ2v) is 16.2. The molecule has 0 unspecified atom stereocenters. The molecule has 0 aliphatic heterocycles. The van der Waals surface area contributed by atoms with E-state index >= 15 is 0 Å². The summed E-state index contributed by atoms with van der Waals surface area (Å²) in [6.07, 6.45) is 0. The number of rotatable bonds is 10. The molecule has 9 aromatic carbocycles. The fraction of sp³-hybridized carbons (Fsp3) is 0.0339. The van der Waals surface area contributed by atoms with E-state index in [1.54, 1.807) is 0 Å². The van der Waals surface area contributed by atoms with Gasteiger partial charge in [0.1, 0.15) is 0 Å². The van der Waals surface area contributed by atoms with Gasteiger partial charge in [0.2, 0.25) is 0 Å². The Morgan fingerprint density at radius 3 is 0.969 bits per heavy atom. The van der Waals surface area contributed by atoms with Crippen molar-refractivity contribution in [2.24, 2.45) is 0 Å². The van der Waals surface area contributed by atoms with Crippen LogP contribution in [0, 0.1) is 13.8 Å². The number of aromatic nitrogens is 4. The first kappa shape index (κ1) is 39.3. The Morgan fingerprint density at radius 2 is 0.631 bits per heavy atom. The lowest BCUT2D eigenvalue weighted by Crippen LogP contribution is -2.18. The number of nitrogens with zero attached hydrogens (tertiary/aromatic N) is 6. The molecule has 0 N–H and O–H groups in total. The largest absolute Gasteiger partial charge is 0.308 e. The summed E-state index contributed by atoms with van der Waals surface area (Å²) in [6.45, 7) is 4.44. The van der Waals surface area contributed by atoms with E-state index in [4.69, 9.17) is 15.0 Å². The van der Waals surface area contributed by atoms with E-state index in [9.17, 15) is 0 Å². The molecular formula is C59H44N6. The molecule has 65 heavy (non-hydrogen) atoms. The summed E-state index contributed by atoms with van der Waals surface area (Å²) < 4.78 is 2.51. The number of anilines is 6. The molecule has 0 spiro atoms. The summed E-state index contributed by atoms with van der Waals surface area (Å²) in [7, 11) is 0. The Bertz CT molecular complexity index is 3130. The maximum absolute atomic E-state index is 5.35. The lowest BCUT2D eigenvalue weighted by molar-refractivity contribution is 1.07. The summed E-state index contributed by atoms with van der Waals surface area (Å²) in [5, 5.41) is 2.39. The van der Waals surface area contributed by atoms with Gasteiger partial charge in [-0.15, -0.1) is 0 Å². The van der Waals surface area contributed by atoms with Gasteiger partial charge in [0.05, 0.1) is 28.1 Å². The van der Waals surface area contributed by atoms with Crippen LogP contribution in [-0.2, 0) is 0 Å². The average Bonchev–Trinajstić information content (AvgIpc) is 3.72. The second kappa shape index (κ2) is 16.9. The van der Waals surface area contributed by atoms with Gasteiger partial charge in [-0.25, -0.2) is 15.0 Å². The van der Waals surface area contributed by atoms with Crippen molar-refractivity contribution in [1.82, 2.24) is 19.5 Å². The van der Waals surface area contributed by atoms with Crippen LogP contribution in [0.3, 0.4) is 0 Å². The molecule has 2 heterocycles. The van der Waals surface area contributed by atoms with Crippen molar-refractivity contribution in [1.29, 1.82) is 0 Å². The maximum Gasteiger partial charge on any atom is 0.164 e. The van der Waals surface area contributed by atoms with Crippen molar-refractivity contribution in [3.8, 4) is 39.9 Å². The molecule has 2 aromatic heterocycles. The topological polar surface area (TPSA) is 50.1 Å². The number of benzene rings is 9. The molecule has 0 radical (unpaired) electrons. The third-order valence-electron chi connectivity index (χ3n) is 12.0. The van der Waals surface area contributed by atoms with E-state index in [2.05, 4.69) is 222 Å². The SMILES string of the molecule is Cc1cccc2c3cccc(C)c3n(-c3c(N(c4ccccc4)c4ccccc4)cc(-c4nc(-c5ccccc5)nc(-c5ccccc5)n4)cc3N(c3ccccc3)c3ccccc3)c12. The van der Waals surface area contributed by atoms with E-state index < -0.39 is 0 Å². The summed E-state index contributed by atoms with van der Waals surface area (Å²) in [5.74, 6) is 1.76. The first-order valence-corrected chi connectivity index (χ1v) is 22.0. The Balaban J connectivity index is 1.36. The minimum absolute atomic E-state index is 0.559. The van der Waals surface area contributed by atoms with Crippen LogP contribution in [-0.4, -0.2) is 19.5 Å². The van der Waals surface area contributed by atoms with Crippen LogP contribution < -0.4 is 9.80 Å². The van der Waals surface area contributed by atoms with Crippen molar-refractivity contribution in [3.05, 3.63) is 242 Å². The van der Waals surface area contributed by atoms with Crippen molar-refractivity contribution in [3.63, 3.8) is 0 Å². The predicted molar refractivity (Wildman–Crippen MR) is 269 cm³/mol. The molecule has 0 saturated carbocycles. The van der Waals surface area contributed by atoms with Gasteiger partial charge in [0.25, 0.3) is 0 Å². The molecule has 0 bridgehead atoms. The van der Waals surface area contributed by atoms with Gasteiger partial charge >= 0.3 is 0 Å². The lowest BCUT2D eigenvalue weighted by Gasteiger charge is -2.34. The Labute approximate surface area is 379 Å². The lowest BCUT2D eigenvalue weighted by atomic mass is 10.0. The van der Waals surface area contributed by atoms with Gasteiger partial charge in [-0.1, -0.05) is 170 Å². The smallest absolute Gasteiger partial charge is 0.164 e. The number of aryl methyl sites for hydroxylation is 2. The van der Waals surface area contributed by atoms with Gasteiger partial charge in [-0.05, 0) is 85.6 Å². The second-order valence-electron chi connectivity index (χ2n) is 16.2. The van der Waals surface area contributed by atoms with Gasteiger partial charge in [0, 0.05) is 50.2 Å². The fourth-order valence-corrected chi connectivity index (χ4v) is 9.09. The van der Waals surface area contributed by atoms with Crippen LogP contribution >= 0.6 is 0 Å². The molecule has 6 nitrogen and oxygen atoms in total. The molecule has 0 saturated heterocycles. The van der Waals surface area contributed by atoms with Crippen LogP contribution in [0.25, 0.3) is 61.7 Å². The third-order valence-corrected chi connectivity index (χ3v) is 12.0. The van der Waals surface area contributed by atoms with Gasteiger partial charge in [-0.2, -0.15) is 0 Å². The van der Waals surface area contributed by atoms with E-state index in [1.807, 2.05) is 36.4 Å². The summed E-state index contributed by atoms with van der Waals surface area (Å²) >= 11 is 0. The van der Waals surface area contributed by atoms with Crippen molar-refractivity contribution in [2.75, 3.05) is 9.80 Å². The predicted octanol–water partition coefficient (Wildman–Crippen LogP) is 15.5. The molecule has 6 heteroatoms. The normalized spacial score (nSPS) is 11.2. The van der Waals surface area contributed by atoms with E-state index in [1.165, 1.54) is 21.9 Å². The molecule has 0 amide bonds. The highest BCUT2D eigenvalue weighted by atomic mass is 15.2. The summed E-state index contributed by atoms with van der Waals surface area (Å²) in [4.78, 5) is 20.5. The molecule has 11 rings (SSSR count). The molecule has 0 aliphatic carbocycles. The molecule has 310 valence electrons. The Morgan fingerprint density at radius 1 is 0.323 bits per heavy atom. The van der Waals surface area contributed by atoms with Gasteiger partial charge in [0.15, 0.2) is 17.5 Å². The molecule has 0 atom stereocenters. The van der Waals surface area contributed by atoms with Crippen molar-refractivity contribution < 1.29 is 0 Å². The third kappa shape index (κ3) is 7.27. The zero-order valence-electron chi connectivity index (χ0n) is 36.1. The van der Waals surface area contributed by atoms with Crippen LogP contribution in [0.4, 0.5) is 34.1 Å². The molecule has 0 aliphatic rings. The van der Waals surface area contributed by atoms with Crippen LogP contribution in [0.15, 0.2) is 231 Å². The van der Waals surface area contributed by atoms with Crippen LogP contribution in [0.1, 0.15) is 11.1 Å². The van der Waals surface area contributed by atoms with Crippen molar-refractivity contribution in [2.45, 2.75) is 13.8 Å². The van der Waals surface area contributed by atoms with E-state index in [-0.39, 0.29) is 0 Å². The average molecular weight is 837 g/mol. The summed E-state index contributed by atoms with van der Waals surface area (Å²) in [5.41, 5.74) is 14.2. The monoisotopic (exact) mass is 836 g/mol. The number of hydrogen-bond acceptors (Lipinski definition) is 5. The first-order chi connectivity index (χ1) is 32.1. The number of fused-ring (bicyclic) bond motifs is 3. The maximum atomic E-state index is 5.35. The summed E-state index contributed by atoms with van der Waals surface area (Å²) in [6, 6.07) is 80.8. The fourth-order valence-electron chi connectivity index (χ4n) is 9.09. The molecule has 0 fully saturated rings. The number of para-hydroxylation sites is 6. The number of hydrogen-bond donors (Lipinski definition) is 0. The van der Waals surface area contributed by atoms with Crippen LogP contribution in [0.5, 0.6) is 0 Å². The Kier molecular flexibility index (Phi) is 10.2. The first-order valence-electron chi connectivity index (χ1n) is 22.0. The zero-order chi connectivity index (χ0) is 43.7. The highest BCUT2D eigenvalue weighted by molar-refractivity contribution is 6.13. The van der Waals surface area contributed by atoms with Crippen LogP contribution in [0.2, 0.25) is 0 Å². The van der Waals surface area contributed by atoms with Crippen molar-refractivity contribution >= 4 is 55.9 Å². The van der Waals surface area contributed by atoms with E-state index in [0.29, 0.717) is 17.5 Å². The molecule has 11 aromatic rings. The zero-order valence-corrected chi connectivity index (χ0v) is 36.1. The Hall–Kier alpha value is -8.61. The quantitative estimate of drug-likeness (QED) is 0.137. The van der Waals surface area contributed by atoms with E-state index in [0.717, 1.165) is 67.5 Å². The minimum Gasteiger partial charge on any atom is -0.308 e. The molecular weight excluding hydrogens is 793 g/mol. The highest BCUT2D eigenvalue weighted by Crippen LogP contribution is 2.51. The van der Waals surface area contributed by atoms with Gasteiger partial charge < -0.3 is 14.4 Å². The highest BCUT2D eigenvalue weighted by Gasteiger charge is 2.30. The standard InChI is InChI=1S/C59H44N6/c1-41-23-21-37-50-51-38-22-24-42(2)55(51)65(54(41)50)56-52(63(46-29-13-5-14-30-46)47-31-15-6-16-32-47)39-45(40-53(56)64(48-33-17-7-18-34-48)49-35-19-8-20-36-49)59-61-57(43-25-9-3-10-26-43)60-58(62-59)44-27-11-4-12-28-44/h3-40H,1-2H3.